The number of benzene rings is 2. The number of anilines is 1. The smallest absolute Gasteiger partial charge is 0.279 e. The summed E-state index contributed by atoms with van der Waals surface area (Å²) in [7, 11) is 3.59. The molecule has 0 saturated heterocycles. The molecule has 3 rings (SSSR count). The zero-order valence-electron chi connectivity index (χ0n) is 16.7. The van der Waals surface area contributed by atoms with Crippen LogP contribution in [0.5, 0.6) is 0 Å². The van der Waals surface area contributed by atoms with Crippen LogP contribution < -0.4 is 10.2 Å². The maximum atomic E-state index is 12.3. The summed E-state index contributed by atoms with van der Waals surface area (Å²) in [4.78, 5) is 17.5. The number of carbonyl (C=O) groups is 1. The van der Waals surface area contributed by atoms with Gasteiger partial charge in [0.25, 0.3) is 5.91 Å². The summed E-state index contributed by atoms with van der Waals surface area (Å²) in [5.74, 6) is 0.148. The van der Waals surface area contributed by atoms with Gasteiger partial charge in [-0.2, -0.15) is 5.26 Å². The number of aliphatic hydroxyl groups is 1. The van der Waals surface area contributed by atoms with E-state index in [1.54, 1.807) is 18.7 Å². The molecule has 0 bridgehead atoms. The summed E-state index contributed by atoms with van der Waals surface area (Å²) < 4.78 is 1.78. The second kappa shape index (κ2) is 8.59. The first-order valence-electron chi connectivity index (χ1n) is 9.31. The fraction of sp³-hybridized carbons (Fsp3) is 0.227. The molecule has 7 heteroatoms. The molecule has 148 valence electrons. The van der Waals surface area contributed by atoms with Crippen LogP contribution in [0.25, 0.3) is 16.6 Å². The highest BCUT2D eigenvalue weighted by molar-refractivity contribution is 5.91. The van der Waals surface area contributed by atoms with E-state index in [1.807, 2.05) is 55.5 Å². The van der Waals surface area contributed by atoms with Gasteiger partial charge in [-0.3, -0.25) is 4.79 Å². The van der Waals surface area contributed by atoms with E-state index in [0.29, 0.717) is 5.82 Å². The number of carbonyl (C=O) groups excluding carboxylic acids is 1. The van der Waals surface area contributed by atoms with Gasteiger partial charge in [0.15, 0.2) is 18.1 Å². The van der Waals surface area contributed by atoms with Gasteiger partial charge in [-0.05, 0) is 31.2 Å². The summed E-state index contributed by atoms with van der Waals surface area (Å²) in [5.41, 5.74) is 3.59. The number of likely N-dealkylation sites (N-methyl/N-ethyl adjacent to an activating group) is 1. The largest absolute Gasteiger partial charge is 0.506 e. The highest BCUT2D eigenvalue weighted by atomic mass is 16.3. The fourth-order valence-corrected chi connectivity index (χ4v) is 3.17. The van der Waals surface area contributed by atoms with Gasteiger partial charge in [-0.1, -0.05) is 29.8 Å². The van der Waals surface area contributed by atoms with Gasteiger partial charge >= 0.3 is 0 Å². The Morgan fingerprint density at radius 1 is 1.21 bits per heavy atom. The van der Waals surface area contributed by atoms with Crippen LogP contribution in [0.3, 0.4) is 0 Å². The molecular formula is C22H24N5O2+. The van der Waals surface area contributed by atoms with E-state index in [4.69, 9.17) is 0 Å². The van der Waals surface area contributed by atoms with Crippen molar-refractivity contribution >= 4 is 28.2 Å². The van der Waals surface area contributed by atoms with Crippen molar-refractivity contribution in [1.29, 1.82) is 5.26 Å². The van der Waals surface area contributed by atoms with Crippen LogP contribution in [0.2, 0.25) is 0 Å². The second-order valence-corrected chi connectivity index (χ2v) is 7.14. The van der Waals surface area contributed by atoms with Crippen molar-refractivity contribution < 1.29 is 14.8 Å². The van der Waals surface area contributed by atoms with Crippen LogP contribution in [-0.2, 0) is 11.8 Å². The number of allylic oxidation sites excluding steroid dienone is 1. The Labute approximate surface area is 169 Å². The number of amides is 1. The van der Waals surface area contributed by atoms with Gasteiger partial charge in [-0.25, -0.2) is 4.98 Å². The minimum absolute atomic E-state index is 0.0912. The molecule has 0 saturated carbocycles. The number of quaternary nitrogens is 1. The SMILES string of the molecule is Cc1ccc(NC(=O)C[NH+](C)C/C(O)=C(\C#N)c2nc3ccccc3n2C)cc1. The lowest BCUT2D eigenvalue weighted by Gasteiger charge is -2.14. The van der Waals surface area contributed by atoms with Crippen molar-refractivity contribution in [2.45, 2.75) is 6.92 Å². The molecular weight excluding hydrogens is 366 g/mol. The van der Waals surface area contributed by atoms with Crippen molar-refractivity contribution in [1.82, 2.24) is 9.55 Å². The Kier molecular flexibility index (Phi) is 5.96. The van der Waals surface area contributed by atoms with Crippen LogP contribution in [0.15, 0.2) is 54.3 Å². The molecule has 0 aliphatic rings. The number of nitrogens with one attached hydrogen (secondary N) is 2. The standard InChI is InChI=1S/C22H23N5O2/c1-15-8-10-16(11-9-15)24-21(29)14-26(2)13-20(28)17(12-23)22-25-18-6-4-5-7-19(18)27(22)3/h4-11,28H,13-14H2,1-3H3,(H,24,29)/p+1/b20-17-. The number of aliphatic hydroxyl groups excluding tert-OH is 1. The first-order chi connectivity index (χ1) is 13.9. The van der Waals surface area contributed by atoms with Crippen LogP contribution in [0, 0.1) is 18.3 Å². The van der Waals surface area contributed by atoms with E-state index in [0.717, 1.165) is 27.2 Å². The highest BCUT2D eigenvalue weighted by Gasteiger charge is 2.20. The average molecular weight is 390 g/mol. The molecule has 0 aliphatic carbocycles. The molecule has 7 nitrogen and oxygen atoms in total. The summed E-state index contributed by atoms with van der Waals surface area (Å²) in [5, 5.41) is 23.0. The van der Waals surface area contributed by atoms with Crippen molar-refractivity contribution in [2.24, 2.45) is 7.05 Å². The number of nitriles is 1. The molecule has 2 aromatic carbocycles. The maximum absolute atomic E-state index is 12.3. The minimum atomic E-state index is -0.166. The maximum Gasteiger partial charge on any atom is 0.279 e. The molecule has 29 heavy (non-hydrogen) atoms. The summed E-state index contributed by atoms with van der Waals surface area (Å²) >= 11 is 0. The number of hydrogen-bond donors (Lipinski definition) is 3. The van der Waals surface area contributed by atoms with Crippen molar-refractivity contribution in [3.8, 4) is 6.07 Å². The molecule has 1 aromatic heterocycles. The zero-order chi connectivity index (χ0) is 21.0. The molecule has 1 atom stereocenters. The lowest BCUT2D eigenvalue weighted by molar-refractivity contribution is -0.867. The molecule has 0 fully saturated rings. The zero-order valence-corrected chi connectivity index (χ0v) is 16.7. The Morgan fingerprint density at radius 3 is 2.55 bits per heavy atom. The monoisotopic (exact) mass is 390 g/mol. The predicted octanol–water partition coefficient (Wildman–Crippen LogP) is 1.83. The van der Waals surface area contributed by atoms with Gasteiger partial charge in [0, 0.05) is 12.7 Å². The topological polar surface area (TPSA) is 95.4 Å². The lowest BCUT2D eigenvalue weighted by atomic mass is 10.2. The molecule has 1 unspecified atom stereocenters. The molecule has 0 aliphatic heterocycles. The third-order valence-electron chi connectivity index (χ3n) is 4.68. The number of fused-ring (bicyclic) bond motifs is 1. The first-order valence-corrected chi connectivity index (χ1v) is 9.31. The van der Waals surface area contributed by atoms with E-state index in [9.17, 15) is 15.2 Å². The van der Waals surface area contributed by atoms with Crippen LogP contribution in [0.4, 0.5) is 5.69 Å². The lowest BCUT2D eigenvalue weighted by Crippen LogP contribution is -3.10. The van der Waals surface area contributed by atoms with E-state index >= 15 is 0 Å². The number of nitrogens with zero attached hydrogens (tertiary/aromatic N) is 3. The van der Waals surface area contributed by atoms with Crippen molar-refractivity contribution in [2.75, 3.05) is 25.5 Å². The Balaban J connectivity index is 1.72. The fourth-order valence-electron chi connectivity index (χ4n) is 3.17. The molecule has 0 radical (unpaired) electrons. The predicted molar refractivity (Wildman–Crippen MR) is 112 cm³/mol. The third-order valence-corrected chi connectivity index (χ3v) is 4.68. The molecule has 1 heterocycles. The van der Waals surface area contributed by atoms with Gasteiger partial charge in [-0.15, -0.1) is 0 Å². The highest BCUT2D eigenvalue weighted by Crippen LogP contribution is 2.21. The Morgan fingerprint density at radius 2 is 1.90 bits per heavy atom. The quantitative estimate of drug-likeness (QED) is 0.442. The number of hydrogen-bond acceptors (Lipinski definition) is 4. The van der Waals surface area contributed by atoms with Crippen molar-refractivity contribution in [3.63, 3.8) is 0 Å². The Bertz CT molecular complexity index is 1110. The van der Waals surface area contributed by atoms with E-state index in [-0.39, 0.29) is 30.3 Å². The van der Waals surface area contributed by atoms with E-state index in [1.165, 1.54) is 0 Å². The third kappa shape index (κ3) is 4.62. The summed E-state index contributed by atoms with van der Waals surface area (Å²) in [6.45, 7) is 2.27. The number of aryl methyl sites for hydroxylation is 2. The number of aromatic nitrogens is 2. The number of para-hydroxylation sites is 2. The summed E-state index contributed by atoms with van der Waals surface area (Å²) in [6, 6.07) is 17.1. The number of imidazole rings is 1. The second-order valence-electron chi connectivity index (χ2n) is 7.14. The molecule has 1 amide bonds. The van der Waals surface area contributed by atoms with E-state index in [2.05, 4.69) is 16.4 Å². The van der Waals surface area contributed by atoms with Gasteiger partial charge < -0.3 is 19.9 Å². The van der Waals surface area contributed by atoms with Gasteiger partial charge in [0.2, 0.25) is 0 Å². The first kappa shape index (κ1) is 20.1. The number of rotatable bonds is 6. The Hall–Kier alpha value is -3.63. The molecule has 3 aromatic rings. The van der Waals surface area contributed by atoms with Gasteiger partial charge in [0.1, 0.15) is 18.2 Å². The average Bonchev–Trinajstić information content (AvgIpc) is 3.01. The van der Waals surface area contributed by atoms with Crippen LogP contribution in [-0.4, -0.2) is 40.7 Å². The van der Waals surface area contributed by atoms with Gasteiger partial charge in [0.05, 0.1) is 18.1 Å². The van der Waals surface area contributed by atoms with Crippen LogP contribution in [0.1, 0.15) is 11.4 Å². The molecule has 3 N–H and O–H groups in total. The van der Waals surface area contributed by atoms with E-state index < -0.39 is 0 Å². The minimum Gasteiger partial charge on any atom is -0.506 e. The van der Waals surface area contributed by atoms with Crippen molar-refractivity contribution in [3.05, 3.63) is 65.7 Å². The van der Waals surface area contributed by atoms with Crippen LogP contribution >= 0.6 is 0 Å². The summed E-state index contributed by atoms with van der Waals surface area (Å²) in [6.07, 6.45) is 0. The normalized spacial score (nSPS) is 12.9. The molecule has 0 spiro atoms.